The van der Waals surface area contributed by atoms with Crippen LogP contribution in [0, 0.1) is 0 Å². The molecule has 1 rings (SSSR count). The van der Waals surface area contributed by atoms with Crippen molar-refractivity contribution < 1.29 is 56.2 Å². The van der Waals surface area contributed by atoms with Gasteiger partial charge in [0.15, 0.2) is 6.29 Å². The Balaban J connectivity index is 2.45. The number of carbonyl (C=O) groups is 1. The normalized spacial score (nSPS) is 21.9. The summed E-state index contributed by atoms with van der Waals surface area (Å²) in [4.78, 5) is 12.6. The molecule has 12 nitrogen and oxygen atoms in total. The minimum absolute atomic E-state index is 0.0354. The molecule has 0 bridgehead atoms. The van der Waals surface area contributed by atoms with Crippen LogP contribution in [0.25, 0.3) is 0 Å². The summed E-state index contributed by atoms with van der Waals surface area (Å²) in [6.45, 7) is 3.90. The number of aliphatic hydroxyl groups excluding tert-OH is 3. The van der Waals surface area contributed by atoms with Gasteiger partial charge < -0.3 is 34.3 Å². The Kier molecular flexibility index (Phi) is 28.4. The number of unbranched alkanes of at least 4 members (excludes halogenated alkanes) is 18. The molecule has 0 aromatic carbocycles. The van der Waals surface area contributed by atoms with Crippen LogP contribution in [0.1, 0.15) is 155 Å². The van der Waals surface area contributed by atoms with Gasteiger partial charge in [0.2, 0.25) is 0 Å². The van der Waals surface area contributed by atoms with Gasteiger partial charge in [-0.3, -0.25) is 9.35 Å². The second-order valence-corrected chi connectivity index (χ2v) is 14.6. The van der Waals surface area contributed by atoms with Crippen LogP contribution >= 0.6 is 0 Å². The fourth-order valence-electron chi connectivity index (χ4n) is 5.90. The molecule has 296 valence electrons. The number of hydrogen-bond donors (Lipinski definition) is 4. The second-order valence-electron chi connectivity index (χ2n) is 13.5. The highest BCUT2D eigenvalue weighted by Gasteiger charge is 2.48. The van der Waals surface area contributed by atoms with Crippen LogP contribution in [0.4, 0.5) is 0 Å². The van der Waals surface area contributed by atoms with E-state index < -0.39 is 59.8 Å². The van der Waals surface area contributed by atoms with Crippen LogP contribution in [0.15, 0.2) is 12.2 Å². The number of esters is 1. The zero-order valence-electron chi connectivity index (χ0n) is 31.0. The average Bonchev–Trinajstić information content (AvgIpc) is 3.08. The topological polar surface area (TPSA) is 178 Å². The number of aliphatic hydroxyl groups is 3. The van der Waals surface area contributed by atoms with Crippen LogP contribution < -0.4 is 0 Å². The Hall–Kier alpha value is -1.16. The SMILES string of the molecule is CCCCCCCC/C=C\CCCCCCCCOCC(COC1OC(CO)C(O)C(OS(=O)(=O)O)C1O)OC(=O)CCCCCCCCC. The van der Waals surface area contributed by atoms with E-state index in [-0.39, 0.29) is 19.6 Å². The first-order valence-corrected chi connectivity index (χ1v) is 20.8. The zero-order chi connectivity index (χ0) is 36.9. The van der Waals surface area contributed by atoms with Crippen molar-refractivity contribution in [3.63, 3.8) is 0 Å². The molecule has 0 saturated carbocycles. The van der Waals surface area contributed by atoms with Crippen LogP contribution in [-0.4, -0.2) is 97.5 Å². The smallest absolute Gasteiger partial charge is 0.397 e. The Morgan fingerprint density at radius 1 is 0.740 bits per heavy atom. The molecule has 6 unspecified atom stereocenters. The summed E-state index contributed by atoms with van der Waals surface area (Å²) in [7, 11) is -5.05. The number of allylic oxidation sites excluding steroid dienone is 2. The van der Waals surface area contributed by atoms with Gasteiger partial charge in [-0.25, -0.2) is 4.18 Å². The summed E-state index contributed by atoms with van der Waals surface area (Å²) in [5, 5.41) is 30.4. The summed E-state index contributed by atoms with van der Waals surface area (Å²) in [5.41, 5.74) is 0. The maximum Gasteiger partial charge on any atom is 0.397 e. The highest BCUT2D eigenvalue weighted by atomic mass is 32.3. The maximum absolute atomic E-state index is 12.6. The van der Waals surface area contributed by atoms with Crippen molar-refractivity contribution in [1.82, 2.24) is 0 Å². The zero-order valence-corrected chi connectivity index (χ0v) is 31.8. The van der Waals surface area contributed by atoms with Gasteiger partial charge in [0.05, 0.1) is 19.8 Å². The van der Waals surface area contributed by atoms with Crippen molar-refractivity contribution in [2.24, 2.45) is 0 Å². The lowest BCUT2D eigenvalue weighted by atomic mass is 9.99. The first-order chi connectivity index (χ1) is 24.1. The summed E-state index contributed by atoms with van der Waals surface area (Å²) in [5.74, 6) is -0.408. The summed E-state index contributed by atoms with van der Waals surface area (Å²) >= 11 is 0. The van der Waals surface area contributed by atoms with Gasteiger partial charge in [-0.2, -0.15) is 8.42 Å². The third-order valence-corrected chi connectivity index (χ3v) is 9.35. The van der Waals surface area contributed by atoms with E-state index in [1.54, 1.807) is 0 Å². The molecule has 1 heterocycles. The van der Waals surface area contributed by atoms with Crippen LogP contribution in [-0.2, 0) is 38.3 Å². The molecule has 0 aromatic heterocycles. The largest absolute Gasteiger partial charge is 0.457 e. The number of rotatable bonds is 33. The van der Waals surface area contributed by atoms with E-state index in [4.69, 9.17) is 23.5 Å². The molecule has 0 aromatic rings. The standard InChI is InChI=1S/C37H70O12S/c1-3-5-7-9-11-12-13-14-15-16-17-18-19-21-23-25-27-45-29-31(47-33(39)26-24-22-20-10-8-6-4-2)30-46-37-35(41)36(49-50(42,43)44)34(40)32(28-38)48-37/h14-15,31-32,34-38,40-41H,3-13,16-30H2,1-2H3,(H,42,43,44)/b15-14-. The Labute approximate surface area is 302 Å². The summed E-state index contributed by atoms with van der Waals surface area (Å²) < 4.78 is 58.6. The Morgan fingerprint density at radius 2 is 1.26 bits per heavy atom. The molecule has 50 heavy (non-hydrogen) atoms. The monoisotopic (exact) mass is 738 g/mol. The third-order valence-electron chi connectivity index (χ3n) is 8.89. The molecule has 1 fully saturated rings. The average molecular weight is 739 g/mol. The molecule has 0 spiro atoms. The lowest BCUT2D eigenvalue weighted by Gasteiger charge is -2.41. The van der Waals surface area contributed by atoms with Gasteiger partial charge >= 0.3 is 16.4 Å². The highest BCUT2D eigenvalue weighted by Crippen LogP contribution is 2.26. The van der Waals surface area contributed by atoms with Gasteiger partial charge in [-0.05, 0) is 38.5 Å². The minimum Gasteiger partial charge on any atom is -0.457 e. The second kappa shape index (κ2) is 30.3. The van der Waals surface area contributed by atoms with Crippen molar-refractivity contribution in [3.8, 4) is 0 Å². The minimum atomic E-state index is -5.05. The number of carbonyl (C=O) groups excluding carboxylic acids is 1. The molecule has 6 atom stereocenters. The molecule has 0 radical (unpaired) electrons. The van der Waals surface area contributed by atoms with E-state index in [2.05, 4.69) is 30.2 Å². The molecule has 0 amide bonds. The Bertz CT molecular complexity index is 947. The van der Waals surface area contributed by atoms with Crippen molar-refractivity contribution in [2.75, 3.05) is 26.4 Å². The van der Waals surface area contributed by atoms with E-state index in [9.17, 15) is 28.5 Å². The molecule has 0 aliphatic carbocycles. The van der Waals surface area contributed by atoms with E-state index in [0.717, 1.165) is 44.9 Å². The lowest BCUT2D eigenvalue weighted by molar-refractivity contribution is -0.301. The molecule has 1 saturated heterocycles. The Morgan fingerprint density at radius 3 is 1.80 bits per heavy atom. The van der Waals surface area contributed by atoms with Crippen molar-refractivity contribution in [3.05, 3.63) is 12.2 Å². The highest BCUT2D eigenvalue weighted by molar-refractivity contribution is 7.80. The summed E-state index contributed by atoms with van der Waals surface area (Å²) in [6, 6.07) is 0. The van der Waals surface area contributed by atoms with Crippen molar-refractivity contribution in [2.45, 2.75) is 192 Å². The maximum atomic E-state index is 12.6. The van der Waals surface area contributed by atoms with Gasteiger partial charge in [0.1, 0.15) is 30.5 Å². The van der Waals surface area contributed by atoms with E-state index in [1.807, 2.05) is 0 Å². The molecule has 1 aliphatic heterocycles. The summed E-state index contributed by atoms with van der Waals surface area (Å²) in [6.07, 6.45) is 19.9. The lowest BCUT2D eigenvalue weighted by Crippen LogP contribution is -2.60. The van der Waals surface area contributed by atoms with Gasteiger partial charge in [-0.1, -0.05) is 122 Å². The van der Waals surface area contributed by atoms with Crippen LogP contribution in [0.5, 0.6) is 0 Å². The van der Waals surface area contributed by atoms with E-state index in [1.165, 1.54) is 83.5 Å². The van der Waals surface area contributed by atoms with Gasteiger partial charge in [0, 0.05) is 13.0 Å². The molecular formula is C37H70O12S. The first kappa shape index (κ1) is 46.9. The molecular weight excluding hydrogens is 668 g/mol. The quantitative estimate of drug-likeness (QED) is 0.0242. The predicted octanol–water partition coefficient (Wildman–Crippen LogP) is 6.74. The van der Waals surface area contributed by atoms with Crippen LogP contribution in [0.2, 0.25) is 0 Å². The fourth-order valence-corrected chi connectivity index (χ4v) is 6.41. The third kappa shape index (κ3) is 24.2. The molecule has 1 aliphatic rings. The van der Waals surface area contributed by atoms with Gasteiger partial charge in [0.25, 0.3) is 0 Å². The molecule has 13 heteroatoms. The molecule has 4 N–H and O–H groups in total. The fraction of sp³-hybridized carbons (Fsp3) is 0.919. The first-order valence-electron chi connectivity index (χ1n) is 19.4. The van der Waals surface area contributed by atoms with Crippen molar-refractivity contribution in [1.29, 1.82) is 0 Å². The van der Waals surface area contributed by atoms with Crippen molar-refractivity contribution >= 4 is 16.4 Å². The number of ether oxygens (including phenoxy) is 4. The van der Waals surface area contributed by atoms with Gasteiger partial charge in [-0.15, -0.1) is 0 Å². The van der Waals surface area contributed by atoms with E-state index in [0.29, 0.717) is 13.0 Å². The number of hydrogen-bond acceptors (Lipinski definition) is 11. The predicted molar refractivity (Wildman–Crippen MR) is 193 cm³/mol. The van der Waals surface area contributed by atoms with Crippen LogP contribution in [0.3, 0.4) is 0 Å². The van der Waals surface area contributed by atoms with E-state index >= 15 is 0 Å².